The molecule has 51 heavy (non-hydrogen) atoms. The molecule has 0 amide bonds. The molecular weight excluding hydrogens is 742 g/mol. The lowest BCUT2D eigenvalue weighted by molar-refractivity contribution is -1.06. The summed E-state index contributed by atoms with van der Waals surface area (Å²) in [6.07, 6.45) is -12.4. The standard InChI is InChI=1S/C34H66NO15.BrH/c1-2-3-4-5-6-7-8-9-10-11-12-13-14-15-16-35(32-29(45)26(42)23(39)20(17-36)48-32,33-30(46)27(43)24(40)21(18-37)49-33)34-31(47)28(44)25(41)22(19-38)50-34;/h20-34,36-47H,2-19H2,1H3;1H/q+1;/p-1/t20-,21-,22-,23-,24-,25-,26+,27+,28+,29-,30-,31-,32?,33?,34?,35?;/m1./s1. The maximum Gasteiger partial charge on any atom is 0.227 e. The van der Waals surface area contributed by atoms with Gasteiger partial charge in [-0.1, -0.05) is 84.0 Å². The first kappa shape index (κ1) is 47.0. The van der Waals surface area contributed by atoms with Crippen molar-refractivity contribution in [1.29, 1.82) is 0 Å². The van der Waals surface area contributed by atoms with E-state index in [9.17, 15) is 61.3 Å². The molecule has 0 aromatic carbocycles. The van der Waals surface area contributed by atoms with E-state index >= 15 is 0 Å². The molecule has 0 saturated carbocycles. The van der Waals surface area contributed by atoms with Gasteiger partial charge < -0.3 is 92.5 Å². The Morgan fingerprint density at radius 3 is 0.882 bits per heavy atom. The molecule has 0 spiro atoms. The van der Waals surface area contributed by atoms with E-state index in [4.69, 9.17) is 14.2 Å². The van der Waals surface area contributed by atoms with Gasteiger partial charge >= 0.3 is 0 Å². The van der Waals surface area contributed by atoms with Crippen molar-refractivity contribution >= 4 is 0 Å². The number of halogens is 1. The number of nitrogens with zero attached hydrogens (tertiary/aromatic N) is 1. The van der Waals surface area contributed by atoms with Crippen LogP contribution >= 0.6 is 0 Å². The molecule has 3 rings (SSSR count). The van der Waals surface area contributed by atoms with Crippen LogP contribution in [-0.4, -0.2) is 184 Å². The molecule has 17 heteroatoms. The summed E-state index contributed by atoms with van der Waals surface area (Å²) in [4.78, 5) is 0. The third-order valence-electron chi connectivity index (χ3n) is 10.9. The van der Waals surface area contributed by atoms with Crippen molar-refractivity contribution in [3.63, 3.8) is 0 Å². The Labute approximate surface area is 311 Å². The minimum absolute atomic E-state index is 0. The van der Waals surface area contributed by atoms with Crippen molar-refractivity contribution in [1.82, 2.24) is 0 Å². The summed E-state index contributed by atoms with van der Waals surface area (Å²) >= 11 is 0. The van der Waals surface area contributed by atoms with Crippen LogP contribution in [0.4, 0.5) is 0 Å². The summed E-state index contributed by atoms with van der Waals surface area (Å²) in [6, 6.07) is 0. The van der Waals surface area contributed by atoms with Gasteiger partial charge in [0.15, 0.2) is 18.3 Å². The number of hydrogen-bond donors (Lipinski definition) is 12. The Balaban J connectivity index is 0.00000901. The lowest BCUT2D eigenvalue weighted by atomic mass is 9.89. The molecule has 0 aliphatic carbocycles. The van der Waals surface area contributed by atoms with Gasteiger partial charge in [-0.05, 0) is 12.8 Å². The van der Waals surface area contributed by atoms with Crippen LogP contribution in [0.5, 0.6) is 0 Å². The summed E-state index contributed by atoms with van der Waals surface area (Å²) in [7, 11) is 0. The van der Waals surface area contributed by atoms with E-state index in [-0.39, 0.29) is 29.9 Å². The normalized spacial score (nSPS) is 40.1. The number of unbranched alkanes of at least 4 members (excludes halogenated alkanes) is 13. The molecule has 304 valence electrons. The van der Waals surface area contributed by atoms with Crippen LogP contribution in [0.3, 0.4) is 0 Å². The van der Waals surface area contributed by atoms with Gasteiger partial charge in [0, 0.05) is 0 Å². The minimum Gasteiger partial charge on any atom is -1.00 e. The third-order valence-corrected chi connectivity index (χ3v) is 10.9. The Bertz CT molecular complexity index is 850. The van der Waals surface area contributed by atoms with E-state index in [1.54, 1.807) is 0 Å². The van der Waals surface area contributed by atoms with E-state index < -0.39 is 116 Å². The largest absolute Gasteiger partial charge is 1.00 e. The van der Waals surface area contributed by atoms with Gasteiger partial charge in [0.2, 0.25) is 18.7 Å². The second-order valence-corrected chi connectivity index (χ2v) is 14.5. The number of rotatable bonds is 21. The molecule has 3 aliphatic heterocycles. The van der Waals surface area contributed by atoms with E-state index in [0.717, 1.165) is 32.1 Å². The highest BCUT2D eigenvalue weighted by atomic mass is 79.9. The van der Waals surface area contributed by atoms with Gasteiger partial charge in [-0.25, -0.2) is 4.48 Å². The van der Waals surface area contributed by atoms with Gasteiger partial charge in [-0.3, -0.25) is 0 Å². The summed E-state index contributed by atoms with van der Waals surface area (Å²) in [6.45, 7) is -0.487. The van der Waals surface area contributed by atoms with E-state index in [1.807, 2.05) is 0 Å². The zero-order valence-corrected chi connectivity index (χ0v) is 31.4. The van der Waals surface area contributed by atoms with Crippen LogP contribution in [0, 0.1) is 0 Å². The van der Waals surface area contributed by atoms with Gasteiger partial charge in [0.05, 0.1) is 26.4 Å². The van der Waals surface area contributed by atoms with E-state index in [2.05, 4.69) is 6.92 Å². The Morgan fingerprint density at radius 1 is 0.373 bits per heavy atom. The Hall–Kier alpha value is -0.160. The second kappa shape index (κ2) is 23.0. The van der Waals surface area contributed by atoms with Crippen LogP contribution in [0.2, 0.25) is 0 Å². The van der Waals surface area contributed by atoms with Gasteiger partial charge in [0.1, 0.15) is 54.9 Å². The fourth-order valence-corrected chi connectivity index (χ4v) is 7.83. The molecule has 3 fully saturated rings. The summed E-state index contributed by atoms with van der Waals surface area (Å²) < 4.78 is 17.0. The van der Waals surface area contributed by atoms with Gasteiger partial charge in [-0.2, -0.15) is 0 Å². The molecule has 3 aliphatic rings. The summed E-state index contributed by atoms with van der Waals surface area (Å²) in [5.74, 6) is 0. The molecule has 3 unspecified atom stereocenters. The SMILES string of the molecule is CCCCCCCCCCCCCCCC[N+](C1O[C@H](CO)[C@@H](O)[C@H](O)[C@H]1O)(C1O[C@H](CO)[C@@H](O)[C@H](O)[C@H]1O)C1O[C@H](CO)[C@@H](O)[C@H](O)[C@H]1O.[Br-]. The average molecular weight is 809 g/mol. The lowest BCUT2D eigenvalue weighted by Crippen LogP contribution is -3.00. The van der Waals surface area contributed by atoms with Crippen LogP contribution in [0.15, 0.2) is 0 Å². The maximum absolute atomic E-state index is 11.5. The molecule has 0 aromatic heterocycles. The first-order valence-electron chi connectivity index (χ1n) is 18.7. The fraction of sp³-hybridized carbons (Fsp3) is 1.00. The third kappa shape index (κ3) is 11.2. The van der Waals surface area contributed by atoms with Crippen molar-refractivity contribution in [2.45, 2.75) is 189 Å². The monoisotopic (exact) mass is 807 g/mol. The van der Waals surface area contributed by atoms with Crippen molar-refractivity contribution in [3.05, 3.63) is 0 Å². The topological polar surface area (TPSA) is 270 Å². The van der Waals surface area contributed by atoms with Crippen LogP contribution in [-0.2, 0) is 14.2 Å². The van der Waals surface area contributed by atoms with Crippen molar-refractivity contribution in [2.24, 2.45) is 0 Å². The van der Waals surface area contributed by atoms with Crippen molar-refractivity contribution < 1.29 is 97.0 Å². The van der Waals surface area contributed by atoms with E-state index in [1.165, 1.54) is 44.9 Å². The molecule has 3 heterocycles. The smallest absolute Gasteiger partial charge is 0.227 e. The Kier molecular flexibility index (Phi) is 21.2. The predicted octanol–water partition coefficient (Wildman–Crippen LogP) is -5.31. The van der Waals surface area contributed by atoms with Crippen LogP contribution in [0.25, 0.3) is 0 Å². The quantitative estimate of drug-likeness (QED) is 0.0382. The molecular formula is C34H66BrNO15. The van der Waals surface area contributed by atoms with Gasteiger partial charge in [-0.15, -0.1) is 0 Å². The molecule has 0 radical (unpaired) electrons. The van der Waals surface area contributed by atoms with Crippen molar-refractivity contribution in [2.75, 3.05) is 26.4 Å². The highest BCUT2D eigenvalue weighted by Crippen LogP contribution is 2.43. The van der Waals surface area contributed by atoms with Gasteiger partial charge in [0.25, 0.3) is 0 Å². The molecule has 0 aromatic rings. The highest BCUT2D eigenvalue weighted by molar-refractivity contribution is 4.96. The predicted molar refractivity (Wildman–Crippen MR) is 177 cm³/mol. The number of aliphatic hydroxyl groups is 12. The number of quaternary nitrogens is 1. The fourth-order valence-electron chi connectivity index (χ4n) is 7.83. The molecule has 12 N–H and O–H groups in total. The molecule has 15 atom stereocenters. The lowest BCUT2D eigenvalue weighted by Gasteiger charge is -2.60. The zero-order chi connectivity index (χ0) is 37.0. The Morgan fingerprint density at radius 2 is 0.627 bits per heavy atom. The minimum atomic E-state index is -2.00. The summed E-state index contributed by atoms with van der Waals surface area (Å²) in [5, 5.41) is 129. The summed E-state index contributed by atoms with van der Waals surface area (Å²) in [5.41, 5.74) is 0. The van der Waals surface area contributed by atoms with E-state index in [0.29, 0.717) is 6.42 Å². The zero-order valence-electron chi connectivity index (χ0n) is 29.8. The molecule has 16 nitrogen and oxygen atoms in total. The number of aliphatic hydroxyl groups excluding tert-OH is 12. The van der Waals surface area contributed by atoms with Crippen LogP contribution in [0.1, 0.15) is 96.8 Å². The second-order valence-electron chi connectivity index (χ2n) is 14.5. The molecule has 0 bridgehead atoms. The molecule has 3 saturated heterocycles. The average Bonchev–Trinajstić information content (AvgIpc) is 3.11. The first-order valence-corrected chi connectivity index (χ1v) is 18.7. The maximum atomic E-state index is 11.5. The van der Waals surface area contributed by atoms with Crippen molar-refractivity contribution in [3.8, 4) is 0 Å². The number of ether oxygens (including phenoxy) is 3. The van der Waals surface area contributed by atoms with Crippen LogP contribution < -0.4 is 17.0 Å². The number of hydrogen-bond acceptors (Lipinski definition) is 15. The first-order chi connectivity index (χ1) is 23.9. The highest BCUT2D eigenvalue weighted by Gasteiger charge is 2.67.